The molecule has 0 aliphatic carbocycles. The highest BCUT2D eigenvalue weighted by Crippen LogP contribution is 2.26. The van der Waals surface area contributed by atoms with Crippen molar-refractivity contribution in [3.05, 3.63) is 69.3 Å². The first kappa shape index (κ1) is 17.9. The van der Waals surface area contributed by atoms with Crippen LogP contribution in [-0.2, 0) is 9.53 Å². The number of Topliss-reactive ketones (excluding diaryl/α,β-unsaturated/α-hetero) is 1. The summed E-state index contributed by atoms with van der Waals surface area (Å²) in [6, 6.07) is 9.34. The number of aryl methyl sites for hydroxylation is 1. The maximum absolute atomic E-state index is 12.5. The van der Waals surface area contributed by atoms with Crippen LogP contribution in [-0.4, -0.2) is 25.0 Å². The van der Waals surface area contributed by atoms with Crippen molar-refractivity contribution in [2.24, 2.45) is 0 Å². The predicted octanol–water partition coefficient (Wildman–Crippen LogP) is 4.12. The Kier molecular flexibility index (Phi) is 4.94. The van der Waals surface area contributed by atoms with E-state index in [0.29, 0.717) is 11.1 Å². The summed E-state index contributed by atoms with van der Waals surface area (Å²) in [4.78, 5) is 24.8. The predicted molar refractivity (Wildman–Crippen MR) is 101 cm³/mol. The fourth-order valence-electron chi connectivity index (χ4n) is 3.04. The quantitative estimate of drug-likeness (QED) is 0.615. The second kappa shape index (κ2) is 7.16. The molecule has 1 heterocycles. The van der Waals surface area contributed by atoms with Gasteiger partial charge in [-0.25, -0.2) is 4.79 Å². The van der Waals surface area contributed by atoms with Crippen LogP contribution in [0.15, 0.2) is 35.9 Å². The van der Waals surface area contributed by atoms with E-state index in [1.807, 2.05) is 58.0 Å². The van der Waals surface area contributed by atoms with Gasteiger partial charge in [0.25, 0.3) is 0 Å². The lowest BCUT2D eigenvalue weighted by atomic mass is 9.93. The third kappa shape index (κ3) is 3.40. The Hall–Kier alpha value is -2.88. The number of carbonyl (C=O) groups excluding carboxylic acids is 2. The van der Waals surface area contributed by atoms with E-state index in [0.717, 1.165) is 28.0 Å². The zero-order chi connectivity index (χ0) is 18.8. The van der Waals surface area contributed by atoms with Crippen LogP contribution in [0, 0.1) is 27.7 Å². The summed E-state index contributed by atoms with van der Waals surface area (Å²) >= 11 is 0. The molecule has 0 spiro atoms. The number of benzene rings is 2. The highest BCUT2D eigenvalue weighted by Gasteiger charge is 2.20. The van der Waals surface area contributed by atoms with Crippen molar-refractivity contribution in [2.45, 2.75) is 27.7 Å². The van der Waals surface area contributed by atoms with Crippen molar-refractivity contribution in [1.82, 2.24) is 0 Å². The van der Waals surface area contributed by atoms with Crippen LogP contribution < -0.4 is 4.74 Å². The van der Waals surface area contributed by atoms with Crippen molar-refractivity contribution in [3.63, 3.8) is 0 Å². The van der Waals surface area contributed by atoms with Gasteiger partial charge in [-0.2, -0.15) is 0 Å². The molecule has 0 N–H and O–H groups in total. The number of esters is 1. The smallest absolute Gasteiger partial charge is 0.337 e. The van der Waals surface area contributed by atoms with Crippen LogP contribution in [0.4, 0.5) is 0 Å². The molecule has 1 aliphatic heterocycles. The van der Waals surface area contributed by atoms with Crippen molar-refractivity contribution in [3.8, 4) is 5.75 Å². The number of hydrogen-bond acceptors (Lipinski definition) is 4. The number of fused-ring (bicyclic) bond motifs is 1. The van der Waals surface area contributed by atoms with Crippen molar-refractivity contribution >= 4 is 17.8 Å². The first-order valence-electron chi connectivity index (χ1n) is 8.58. The molecule has 0 fully saturated rings. The molecule has 2 aromatic carbocycles. The normalized spacial score (nSPS) is 12.7. The Bertz CT molecular complexity index is 922. The van der Waals surface area contributed by atoms with Crippen LogP contribution in [0.5, 0.6) is 5.75 Å². The second-order valence-electron chi connectivity index (χ2n) is 6.61. The van der Waals surface area contributed by atoms with E-state index in [9.17, 15) is 9.59 Å². The molecule has 4 nitrogen and oxygen atoms in total. The average molecular weight is 350 g/mol. The van der Waals surface area contributed by atoms with Gasteiger partial charge in [-0.3, -0.25) is 4.79 Å². The van der Waals surface area contributed by atoms with Crippen LogP contribution >= 0.6 is 0 Å². The summed E-state index contributed by atoms with van der Waals surface area (Å²) in [5.41, 5.74) is 6.12. The number of carbonyl (C=O) groups is 2. The minimum Gasteiger partial charge on any atom is -0.488 e. The van der Waals surface area contributed by atoms with Crippen LogP contribution in [0.25, 0.3) is 6.08 Å². The molecule has 0 unspecified atom stereocenters. The number of rotatable bonds is 4. The second-order valence-corrected chi connectivity index (χ2v) is 6.61. The van der Waals surface area contributed by atoms with Gasteiger partial charge in [0.15, 0.2) is 6.61 Å². The summed E-state index contributed by atoms with van der Waals surface area (Å²) < 4.78 is 10.8. The fraction of sp³-hybridized carbons (Fsp3) is 0.273. The molecule has 2 aromatic rings. The standard InChI is InChI=1S/C22H22O4/c1-13-9-19(16(4)15(3)14(13)2)20(23)12-26-22(24)18-10-17-7-5-6-8-21(17)25-11-18/h5-10H,11-12H2,1-4H3. The van der Waals surface area contributed by atoms with E-state index < -0.39 is 5.97 Å². The minimum absolute atomic E-state index is 0.145. The largest absolute Gasteiger partial charge is 0.488 e. The maximum Gasteiger partial charge on any atom is 0.337 e. The Balaban J connectivity index is 1.71. The maximum atomic E-state index is 12.5. The average Bonchev–Trinajstić information content (AvgIpc) is 2.66. The van der Waals surface area contributed by atoms with Crippen LogP contribution in [0.1, 0.15) is 38.2 Å². The molecule has 0 aromatic heterocycles. The molecule has 0 bridgehead atoms. The van der Waals surface area contributed by atoms with Gasteiger partial charge in [-0.1, -0.05) is 18.2 Å². The summed E-state index contributed by atoms with van der Waals surface area (Å²) in [6.07, 6.45) is 1.75. The molecule has 0 saturated heterocycles. The molecule has 3 rings (SSSR count). The number of para-hydroxylation sites is 1. The van der Waals surface area contributed by atoms with E-state index in [-0.39, 0.29) is 19.0 Å². The molecule has 0 amide bonds. The van der Waals surface area contributed by atoms with Crippen molar-refractivity contribution in [1.29, 1.82) is 0 Å². The van der Waals surface area contributed by atoms with Crippen molar-refractivity contribution < 1.29 is 19.1 Å². The highest BCUT2D eigenvalue weighted by atomic mass is 16.5. The SMILES string of the molecule is Cc1cc(C(=O)COC(=O)C2=Cc3ccccc3OC2)c(C)c(C)c1C. The van der Waals surface area contributed by atoms with Crippen LogP contribution in [0.3, 0.4) is 0 Å². The molecule has 26 heavy (non-hydrogen) atoms. The lowest BCUT2D eigenvalue weighted by molar-refractivity contribution is -0.138. The van der Waals surface area contributed by atoms with Gasteiger partial charge >= 0.3 is 5.97 Å². The number of ketones is 1. The lowest BCUT2D eigenvalue weighted by Crippen LogP contribution is -2.21. The molecule has 0 radical (unpaired) electrons. The van der Waals surface area contributed by atoms with E-state index in [1.54, 1.807) is 6.08 Å². The molecule has 134 valence electrons. The zero-order valence-electron chi connectivity index (χ0n) is 15.5. The van der Waals surface area contributed by atoms with Gasteiger partial charge in [-0.05, 0) is 68.2 Å². The molecule has 1 aliphatic rings. The van der Waals surface area contributed by atoms with Gasteiger partial charge in [0.2, 0.25) is 5.78 Å². The molecule has 4 heteroatoms. The van der Waals surface area contributed by atoms with E-state index >= 15 is 0 Å². The molecular formula is C22H22O4. The Morgan fingerprint density at radius 1 is 1.04 bits per heavy atom. The molecular weight excluding hydrogens is 328 g/mol. The fourth-order valence-corrected chi connectivity index (χ4v) is 3.04. The van der Waals surface area contributed by atoms with Crippen LogP contribution in [0.2, 0.25) is 0 Å². The summed E-state index contributed by atoms with van der Waals surface area (Å²) in [6.45, 7) is 7.81. The Morgan fingerprint density at radius 2 is 1.77 bits per heavy atom. The van der Waals surface area contributed by atoms with Gasteiger partial charge in [0, 0.05) is 11.1 Å². The third-order valence-corrected chi connectivity index (χ3v) is 5.01. The van der Waals surface area contributed by atoms with Gasteiger partial charge in [0.1, 0.15) is 12.4 Å². The summed E-state index contributed by atoms with van der Waals surface area (Å²) in [5.74, 6) is 0.0206. The molecule has 0 saturated carbocycles. The van der Waals surface area contributed by atoms with Gasteiger partial charge < -0.3 is 9.47 Å². The number of ether oxygens (including phenoxy) is 2. The summed E-state index contributed by atoms with van der Waals surface area (Å²) in [5, 5.41) is 0. The molecule has 0 atom stereocenters. The van der Waals surface area contributed by atoms with Gasteiger partial charge in [-0.15, -0.1) is 0 Å². The van der Waals surface area contributed by atoms with E-state index in [4.69, 9.17) is 9.47 Å². The first-order valence-corrected chi connectivity index (χ1v) is 8.58. The van der Waals surface area contributed by atoms with E-state index in [2.05, 4.69) is 0 Å². The minimum atomic E-state index is -0.522. The Morgan fingerprint density at radius 3 is 2.54 bits per heavy atom. The third-order valence-electron chi connectivity index (χ3n) is 5.01. The zero-order valence-corrected chi connectivity index (χ0v) is 15.5. The topological polar surface area (TPSA) is 52.6 Å². The number of hydrogen-bond donors (Lipinski definition) is 0. The summed E-state index contributed by atoms with van der Waals surface area (Å²) in [7, 11) is 0. The highest BCUT2D eigenvalue weighted by molar-refractivity contribution is 6.01. The van der Waals surface area contributed by atoms with Gasteiger partial charge in [0.05, 0.1) is 5.57 Å². The van der Waals surface area contributed by atoms with E-state index in [1.165, 1.54) is 5.56 Å². The monoisotopic (exact) mass is 350 g/mol. The van der Waals surface area contributed by atoms with Crippen molar-refractivity contribution in [2.75, 3.05) is 13.2 Å². The Labute approximate surface area is 153 Å². The lowest BCUT2D eigenvalue weighted by Gasteiger charge is -2.17. The first-order chi connectivity index (χ1) is 12.4.